The Labute approximate surface area is 165 Å². The molecular weight excluding hydrogens is 358 g/mol. The summed E-state index contributed by atoms with van der Waals surface area (Å²) in [4.78, 5) is 25.6. The van der Waals surface area contributed by atoms with E-state index in [2.05, 4.69) is 23.5 Å². The van der Waals surface area contributed by atoms with Gasteiger partial charge in [-0.3, -0.25) is 9.59 Å². The van der Waals surface area contributed by atoms with Gasteiger partial charge in [0, 0.05) is 10.4 Å². The Bertz CT molecular complexity index is 710. The number of nitrogens with one attached hydrogen (secondary N) is 1. The van der Waals surface area contributed by atoms with Gasteiger partial charge in [-0.2, -0.15) is 0 Å². The monoisotopic (exact) mass is 387 g/mol. The van der Waals surface area contributed by atoms with Crippen LogP contribution in [-0.4, -0.2) is 29.8 Å². The molecule has 4 aliphatic carbocycles. The molecule has 0 spiro atoms. The molecule has 1 N–H and O–H groups in total. The van der Waals surface area contributed by atoms with Crippen LogP contribution in [0.5, 0.6) is 0 Å². The van der Waals surface area contributed by atoms with Crippen LogP contribution in [0.25, 0.3) is 0 Å². The largest absolute Gasteiger partial charge is 0.455 e. The Hall–Kier alpha value is -1.49. The number of rotatable bonds is 6. The molecule has 4 saturated carbocycles. The second-order valence-electron chi connectivity index (χ2n) is 8.96. The van der Waals surface area contributed by atoms with E-state index < -0.39 is 0 Å². The first-order valence-electron chi connectivity index (χ1n) is 10.1. The highest BCUT2D eigenvalue weighted by Crippen LogP contribution is 2.55. The summed E-state index contributed by atoms with van der Waals surface area (Å²) < 4.78 is 5.24. The minimum atomic E-state index is -0.332. The number of hydrogen-bond donors (Lipinski definition) is 1. The van der Waals surface area contributed by atoms with Crippen LogP contribution >= 0.6 is 11.8 Å². The zero-order valence-corrected chi connectivity index (χ0v) is 17.1. The minimum absolute atomic E-state index is 0.0222. The van der Waals surface area contributed by atoms with Crippen LogP contribution in [0.4, 0.5) is 0 Å². The maximum absolute atomic E-state index is 12.4. The van der Waals surface area contributed by atoms with Gasteiger partial charge in [0.15, 0.2) is 6.61 Å². The topological polar surface area (TPSA) is 55.4 Å². The smallest absolute Gasteiger partial charge is 0.316 e. The first kappa shape index (κ1) is 18.9. The van der Waals surface area contributed by atoms with Crippen LogP contribution in [-0.2, 0) is 14.3 Å². The molecule has 1 aromatic carbocycles. The Kier molecular flexibility index (Phi) is 5.23. The lowest BCUT2D eigenvalue weighted by atomic mass is 9.53. The zero-order chi connectivity index (χ0) is 19.0. The predicted octanol–water partition coefficient (Wildman–Crippen LogP) is 4.02. The molecule has 1 aromatic rings. The van der Waals surface area contributed by atoms with E-state index in [4.69, 9.17) is 4.74 Å². The number of thioether (sulfide) groups is 1. The quantitative estimate of drug-likeness (QED) is 0.592. The fraction of sp³-hybridized carbons (Fsp3) is 0.636. The van der Waals surface area contributed by atoms with Gasteiger partial charge >= 0.3 is 5.97 Å². The molecule has 27 heavy (non-hydrogen) atoms. The highest BCUT2D eigenvalue weighted by molar-refractivity contribution is 8.00. The first-order valence-corrected chi connectivity index (χ1v) is 11.1. The third-order valence-corrected chi connectivity index (χ3v) is 7.63. The summed E-state index contributed by atoms with van der Waals surface area (Å²) in [7, 11) is 0. The number of esters is 1. The summed E-state index contributed by atoms with van der Waals surface area (Å²) in [5, 5.41) is 3.25. The molecule has 4 bridgehead atoms. The molecule has 0 radical (unpaired) electrons. The van der Waals surface area contributed by atoms with E-state index in [1.165, 1.54) is 36.6 Å². The average molecular weight is 388 g/mol. The Balaban J connectivity index is 1.23. The first-order chi connectivity index (χ1) is 12.9. The summed E-state index contributed by atoms with van der Waals surface area (Å²) in [5.41, 5.74) is 2.30. The van der Waals surface area contributed by atoms with E-state index >= 15 is 0 Å². The average Bonchev–Trinajstić information content (AvgIpc) is 2.59. The highest BCUT2D eigenvalue weighted by atomic mass is 32.2. The number of ether oxygens (including phenoxy) is 1. The van der Waals surface area contributed by atoms with Gasteiger partial charge in [-0.05, 0) is 81.8 Å². The Morgan fingerprint density at radius 1 is 1.11 bits per heavy atom. The van der Waals surface area contributed by atoms with Crippen LogP contribution in [0.1, 0.15) is 49.7 Å². The number of amides is 1. The van der Waals surface area contributed by atoms with Crippen molar-refractivity contribution in [1.82, 2.24) is 5.32 Å². The predicted molar refractivity (Wildman–Crippen MR) is 107 cm³/mol. The SMILES string of the molecule is Cc1ccc(C)c(SCC(=O)OCC(=O)NC23CC4CC(CC(C4)C2)C3)c1. The molecule has 0 atom stereocenters. The van der Waals surface area contributed by atoms with Gasteiger partial charge in [0.1, 0.15) is 0 Å². The molecule has 1 amide bonds. The molecule has 0 heterocycles. The van der Waals surface area contributed by atoms with Gasteiger partial charge in [-0.15, -0.1) is 11.8 Å². The summed E-state index contributed by atoms with van der Waals surface area (Å²) >= 11 is 1.47. The van der Waals surface area contributed by atoms with Gasteiger partial charge in [0.05, 0.1) is 5.75 Å². The van der Waals surface area contributed by atoms with Gasteiger partial charge in [-0.25, -0.2) is 0 Å². The fourth-order valence-electron chi connectivity index (χ4n) is 5.78. The lowest BCUT2D eigenvalue weighted by Gasteiger charge is -2.56. The molecule has 5 rings (SSSR count). The van der Waals surface area contributed by atoms with E-state index in [0.29, 0.717) is 0 Å². The lowest BCUT2D eigenvalue weighted by Crippen LogP contribution is -2.60. The second kappa shape index (κ2) is 7.50. The minimum Gasteiger partial charge on any atom is -0.455 e. The third kappa shape index (κ3) is 4.34. The normalized spacial score (nSPS) is 31.0. The molecule has 0 saturated heterocycles. The second-order valence-corrected chi connectivity index (χ2v) is 9.98. The fourth-order valence-corrected chi connectivity index (χ4v) is 6.70. The van der Waals surface area contributed by atoms with Crippen LogP contribution in [0.3, 0.4) is 0 Å². The molecule has 5 heteroatoms. The standard InChI is InChI=1S/C22H29NO3S/c1-14-3-4-15(2)19(5-14)27-13-21(25)26-12-20(24)23-22-9-16-6-17(10-22)8-18(7-16)11-22/h3-5,16-18H,6-13H2,1-2H3,(H,23,24). The van der Waals surface area contributed by atoms with E-state index in [1.54, 1.807) is 0 Å². The molecule has 4 nitrogen and oxygen atoms in total. The van der Waals surface area contributed by atoms with Gasteiger partial charge < -0.3 is 10.1 Å². The lowest BCUT2D eigenvalue weighted by molar-refractivity contribution is -0.147. The summed E-state index contributed by atoms with van der Waals surface area (Å²) in [5.74, 6) is 2.12. The van der Waals surface area contributed by atoms with Crippen LogP contribution in [0.2, 0.25) is 0 Å². The number of benzene rings is 1. The van der Waals surface area contributed by atoms with Crippen molar-refractivity contribution < 1.29 is 14.3 Å². The molecule has 0 unspecified atom stereocenters. The van der Waals surface area contributed by atoms with Gasteiger partial charge in [0.25, 0.3) is 5.91 Å². The van der Waals surface area contributed by atoms with Crippen molar-refractivity contribution >= 4 is 23.6 Å². The summed E-state index contributed by atoms with van der Waals surface area (Å²) in [6.45, 7) is 3.91. The summed E-state index contributed by atoms with van der Waals surface area (Å²) in [6, 6.07) is 6.20. The third-order valence-electron chi connectivity index (χ3n) is 6.50. The zero-order valence-electron chi connectivity index (χ0n) is 16.3. The molecule has 0 aromatic heterocycles. The van der Waals surface area contributed by atoms with E-state index in [-0.39, 0.29) is 29.8 Å². The van der Waals surface area contributed by atoms with Crippen LogP contribution in [0, 0.1) is 31.6 Å². The molecule has 4 aliphatic rings. The van der Waals surface area contributed by atoms with E-state index in [0.717, 1.165) is 47.5 Å². The number of aryl methyl sites for hydroxylation is 2. The number of carbonyl (C=O) groups excluding carboxylic acids is 2. The van der Waals surface area contributed by atoms with Crippen molar-refractivity contribution in [2.45, 2.75) is 62.8 Å². The molecule has 146 valence electrons. The Morgan fingerprint density at radius 2 is 1.74 bits per heavy atom. The van der Waals surface area contributed by atoms with Crippen LogP contribution < -0.4 is 5.32 Å². The Morgan fingerprint density at radius 3 is 2.37 bits per heavy atom. The van der Waals surface area contributed by atoms with Crippen molar-refractivity contribution in [3.8, 4) is 0 Å². The molecule has 4 fully saturated rings. The molecular formula is C22H29NO3S. The van der Waals surface area contributed by atoms with Gasteiger partial charge in [-0.1, -0.05) is 17.7 Å². The van der Waals surface area contributed by atoms with Crippen LogP contribution in [0.15, 0.2) is 23.1 Å². The van der Waals surface area contributed by atoms with Gasteiger partial charge in [0.2, 0.25) is 0 Å². The van der Waals surface area contributed by atoms with Crippen molar-refractivity contribution in [3.05, 3.63) is 29.3 Å². The maximum atomic E-state index is 12.4. The highest BCUT2D eigenvalue weighted by Gasteiger charge is 2.51. The van der Waals surface area contributed by atoms with Crippen molar-refractivity contribution in [2.24, 2.45) is 17.8 Å². The van der Waals surface area contributed by atoms with Crippen molar-refractivity contribution in [1.29, 1.82) is 0 Å². The number of hydrogen-bond acceptors (Lipinski definition) is 4. The molecule has 0 aliphatic heterocycles. The summed E-state index contributed by atoms with van der Waals surface area (Å²) in [6.07, 6.45) is 7.38. The maximum Gasteiger partial charge on any atom is 0.316 e. The van der Waals surface area contributed by atoms with Crippen molar-refractivity contribution in [3.63, 3.8) is 0 Å². The van der Waals surface area contributed by atoms with E-state index in [9.17, 15) is 9.59 Å². The number of carbonyl (C=O) groups is 2. The van der Waals surface area contributed by atoms with E-state index in [1.807, 2.05) is 13.8 Å². The van der Waals surface area contributed by atoms with Crippen molar-refractivity contribution in [2.75, 3.05) is 12.4 Å².